The van der Waals surface area contributed by atoms with Gasteiger partial charge in [0.05, 0.1) is 0 Å². The quantitative estimate of drug-likeness (QED) is 0.571. The van der Waals surface area contributed by atoms with Crippen LogP contribution < -0.4 is 0 Å². The number of nitrogens with zero attached hydrogens (tertiary/aromatic N) is 1. The first-order chi connectivity index (χ1) is 6.24. The van der Waals surface area contributed by atoms with Gasteiger partial charge in [-0.2, -0.15) is 0 Å². The predicted octanol–water partition coefficient (Wildman–Crippen LogP) is 3.33. The Morgan fingerprint density at radius 3 is 2.62 bits per heavy atom. The highest BCUT2D eigenvalue weighted by Gasteiger charge is 2.30. The van der Waals surface area contributed by atoms with Crippen molar-refractivity contribution in [2.24, 2.45) is 0 Å². The summed E-state index contributed by atoms with van der Waals surface area (Å²) in [6.07, 6.45) is 0. The molecule has 0 amide bonds. The Kier molecular flexibility index (Phi) is 1.84. The molecule has 1 heteroatoms. The summed E-state index contributed by atoms with van der Waals surface area (Å²) in [5.41, 5.74) is 4.09. The van der Waals surface area contributed by atoms with Gasteiger partial charge in [-0.15, -0.1) is 0 Å². The van der Waals surface area contributed by atoms with Gasteiger partial charge >= 0.3 is 0 Å². The lowest BCUT2D eigenvalue weighted by atomic mass is 9.69. The fourth-order valence-corrected chi connectivity index (χ4v) is 2.07. The van der Waals surface area contributed by atoms with E-state index in [4.69, 9.17) is 6.57 Å². The van der Waals surface area contributed by atoms with Gasteiger partial charge in [0.2, 0.25) is 6.54 Å². The van der Waals surface area contributed by atoms with Crippen molar-refractivity contribution in [3.05, 3.63) is 46.3 Å². The van der Waals surface area contributed by atoms with Gasteiger partial charge in [-0.3, -0.25) is 0 Å². The maximum atomic E-state index is 6.80. The standard InChI is InChI=1S/C12H13N/c1-8-9(2)12-6-10(7-13-3)4-5-11(8)12/h4-6,8-9H,7H2,1-2H3. The Morgan fingerprint density at radius 1 is 1.23 bits per heavy atom. The van der Waals surface area contributed by atoms with Crippen LogP contribution in [0.1, 0.15) is 42.4 Å². The highest BCUT2D eigenvalue weighted by Crippen LogP contribution is 2.46. The van der Waals surface area contributed by atoms with E-state index in [1.807, 2.05) is 0 Å². The van der Waals surface area contributed by atoms with Crippen molar-refractivity contribution in [3.63, 3.8) is 0 Å². The van der Waals surface area contributed by atoms with Gasteiger partial charge in [-0.25, -0.2) is 6.57 Å². The Labute approximate surface area is 79.2 Å². The van der Waals surface area contributed by atoms with Gasteiger partial charge in [0, 0.05) is 5.56 Å². The van der Waals surface area contributed by atoms with Crippen LogP contribution in [0.25, 0.3) is 4.85 Å². The average molecular weight is 171 g/mol. The van der Waals surface area contributed by atoms with Gasteiger partial charge in [0.15, 0.2) is 0 Å². The van der Waals surface area contributed by atoms with Crippen LogP contribution >= 0.6 is 0 Å². The van der Waals surface area contributed by atoms with Crippen LogP contribution in [0.5, 0.6) is 0 Å². The van der Waals surface area contributed by atoms with Crippen molar-refractivity contribution in [2.45, 2.75) is 32.2 Å². The maximum Gasteiger partial charge on any atom is 0.239 e. The van der Waals surface area contributed by atoms with E-state index >= 15 is 0 Å². The first-order valence-electron chi connectivity index (χ1n) is 4.70. The van der Waals surface area contributed by atoms with Crippen molar-refractivity contribution in [1.82, 2.24) is 0 Å². The van der Waals surface area contributed by atoms with Gasteiger partial charge in [-0.05, 0) is 29.0 Å². The summed E-state index contributed by atoms with van der Waals surface area (Å²) in [5, 5.41) is 0. The molecule has 2 atom stereocenters. The molecule has 2 unspecified atom stereocenters. The van der Waals surface area contributed by atoms with E-state index in [2.05, 4.69) is 36.9 Å². The Hall–Kier alpha value is -1.29. The SMILES string of the molecule is [C-]#[N+]Cc1ccc2c(c1)C(C)C2C. The minimum absolute atomic E-state index is 0.522. The van der Waals surface area contributed by atoms with Crippen LogP contribution in [0, 0.1) is 6.57 Å². The molecule has 0 fully saturated rings. The van der Waals surface area contributed by atoms with Crippen molar-refractivity contribution in [3.8, 4) is 0 Å². The smallest absolute Gasteiger partial charge is 0.239 e. The van der Waals surface area contributed by atoms with E-state index in [0.717, 1.165) is 5.56 Å². The molecule has 1 aromatic rings. The number of fused-ring (bicyclic) bond motifs is 1. The van der Waals surface area contributed by atoms with Gasteiger partial charge in [0.1, 0.15) is 0 Å². The molecule has 0 heterocycles. The highest BCUT2D eigenvalue weighted by atomic mass is 14.6. The molecule has 2 rings (SSSR count). The summed E-state index contributed by atoms with van der Waals surface area (Å²) in [7, 11) is 0. The van der Waals surface area contributed by atoms with E-state index in [1.54, 1.807) is 0 Å². The third-order valence-corrected chi connectivity index (χ3v) is 3.14. The minimum Gasteiger partial charge on any atom is -0.312 e. The van der Waals surface area contributed by atoms with E-state index in [1.165, 1.54) is 11.1 Å². The lowest BCUT2D eigenvalue weighted by molar-refractivity contribution is 0.541. The van der Waals surface area contributed by atoms with Crippen LogP contribution in [0.3, 0.4) is 0 Å². The van der Waals surface area contributed by atoms with Gasteiger partial charge in [0.25, 0.3) is 0 Å². The molecule has 0 radical (unpaired) electrons. The molecule has 1 aliphatic carbocycles. The summed E-state index contributed by atoms with van der Waals surface area (Å²) in [6.45, 7) is 11.8. The molecule has 1 nitrogen and oxygen atoms in total. The molecule has 0 bridgehead atoms. The molecule has 1 aliphatic rings. The van der Waals surface area contributed by atoms with Crippen molar-refractivity contribution < 1.29 is 0 Å². The summed E-state index contributed by atoms with van der Waals surface area (Å²) in [5.74, 6) is 1.39. The van der Waals surface area contributed by atoms with Crippen LogP contribution in [0.4, 0.5) is 0 Å². The normalized spacial score (nSPS) is 24.4. The zero-order chi connectivity index (χ0) is 9.42. The lowest BCUT2D eigenvalue weighted by Crippen LogP contribution is -2.19. The highest BCUT2D eigenvalue weighted by molar-refractivity contribution is 5.46. The Morgan fingerprint density at radius 2 is 1.92 bits per heavy atom. The monoisotopic (exact) mass is 171 g/mol. The fourth-order valence-electron chi connectivity index (χ4n) is 2.07. The number of rotatable bonds is 1. The van der Waals surface area contributed by atoms with Crippen molar-refractivity contribution >= 4 is 0 Å². The number of hydrogen-bond acceptors (Lipinski definition) is 0. The molecule has 0 N–H and O–H groups in total. The third kappa shape index (κ3) is 1.14. The van der Waals surface area contributed by atoms with E-state index in [-0.39, 0.29) is 0 Å². The fraction of sp³-hybridized carbons (Fsp3) is 0.417. The van der Waals surface area contributed by atoms with Crippen LogP contribution in [0.2, 0.25) is 0 Å². The van der Waals surface area contributed by atoms with E-state index < -0.39 is 0 Å². The second kappa shape index (κ2) is 2.88. The molecule has 0 saturated carbocycles. The molecular formula is C12H13N. The topological polar surface area (TPSA) is 4.36 Å². The minimum atomic E-state index is 0.522. The van der Waals surface area contributed by atoms with Crippen molar-refractivity contribution in [2.75, 3.05) is 0 Å². The molecule has 0 aromatic heterocycles. The number of hydrogen-bond donors (Lipinski definition) is 0. The summed E-state index contributed by atoms with van der Waals surface area (Å²) >= 11 is 0. The summed E-state index contributed by atoms with van der Waals surface area (Å²) in [4.78, 5) is 3.39. The molecule has 0 aliphatic heterocycles. The largest absolute Gasteiger partial charge is 0.312 e. The zero-order valence-corrected chi connectivity index (χ0v) is 8.04. The Bertz CT molecular complexity index is 373. The van der Waals surface area contributed by atoms with E-state index in [0.29, 0.717) is 18.4 Å². The van der Waals surface area contributed by atoms with Crippen LogP contribution in [-0.4, -0.2) is 0 Å². The first-order valence-corrected chi connectivity index (χ1v) is 4.70. The van der Waals surface area contributed by atoms with Crippen molar-refractivity contribution in [1.29, 1.82) is 0 Å². The predicted molar refractivity (Wildman–Crippen MR) is 53.6 cm³/mol. The van der Waals surface area contributed by atoms with Crippen LogP contribution in [-0.2, 0) is 6.54 Å². The zero-order valence-electron chi connectivity index (χ0n) is 8.04. The average Bonchev–Trinajstić information content (AvgIpc) is 2.17. The molecule has 13 heavy (non-hydrogen) atoms. The summed E-state index contributed by atoms with van der Waals surface area (Å²) in [6, 6.07) is 6.46. The molecule has 0 spiro atoms. The van der Waals surface area contributed by atoms with Gasteiger partial charge < -0.3 is 4.85 Å². The number of benzene rings is 1. The molecule has 1 aromatic carbocycles. The first kappa shape index (κ1) is 8.31. The van der Waals surface area contributed by atoms with E-state index in [9.17, 15) is 0 Å². The molecular weight excluding hydrogens is 158 g/mol. The van der Waals surface area contributed by atoms with Gasteiger partial charge in [-0.1, -0.05) is 26.0 Å². The molecule has 0 saturated heterocycles. The van der Waals surface area contributed by atoms with Crippen LogP contribution in [0.15, 0.2) is 18.2 Å². The second-order valence-electron chi connectivity index (χ2n) is 3.86. The lowest BCUT2D eigenvalue weighted by Gasteiger charge is -2.35. The Balaban J connectivity index is 2.35. The third-order valence-electron chi connectivity index (χ3n) is 3.14. The molecule has 66 valence electrons. The summed E-state index contributed by atoms with van der Waals surface area (Å²) < 4.78 is 0. The maximum absolute atomic E-state index is 6.80. The second-order valence-corrected chi connectivity index (χ2v) is 3.86.